The van der Waals surface area contributed by atoms with E-state index in [9.17, 15) is 0 Å². The molecule has 0 radical (unpaired) electrons. The van der Waals surface area contributed by atoms with E-state index in [0.29, 0.717) is 0 Å². The number of aromatic nitrogens is 1. The lowest BCUT2D eigenvalue weighted by atomic mass is 10.00. The summed E-state index contributed by atoms with van der Waals surface area (Å²) in [5.41, 5.74) is 13.7. The molecule has 0 saturated carbocycles. The molecule has 3 heterocycles. The number of furan rings is 1. The molecule has 0 amide bonds. The van der Waals surface area contributed by atoms with E-state index in [0.717, 1.165) is 78.4 Å². The highest BCUT2D eigenvalue weighted by Gasteiger charge is 2.22. The van der Waals surface area contributed by atoms with Crippen LogP contribution in [0.5, 0.6) is 0 Å². The van der Waals surface area contributed by atoms with Crippen LogP contribution in [0.15, 0.2) is 241 Å². The minimum Gasteiger partial charge on any atom is -0.456 e. The fraction of sp³-hybridized carbons (Fsp3) is 0. The SMILES string of the molecule is c1ccc(N(c2cc(-c3ccc4c5ccccc5n(-c5ccccc5)c4c3)cc(N(c3ccccc3)c3ccc4c(c3)sc3ccccc34)c2)c2ccc3c(c2)oc2ccccc23)cc1. The Morgan fingerprint density at radius 1 is 0.308 bits per heavy atom. The van der Waals surface area contributed by atoms with Crippen molar-refractivity contribution in [2.75, 3.05) is 9.80 Å². The summed E-state index contributed by atoms with van der Waals surface area (Å²) in [4.78, 5) is 4.76. The molecular formula is C60H39N3OS. The Balaban J connectivity index is 1.08. The fourth-order valence-electron chi connectivity index (χ4n) is 9.78. The van der Waals surface area contributed by atoms with E-state index >= 15 is 0 Å². The summed E-state index contributed by atoms with van der Waals surface area (Å²) in [6.07, 6.45) is 0. The number of para-hydroxylation sites is 5. The predicted octanol–water partition coefficient (Wildman–Crippen LogP) is 17.7. The molecule has 0 spiro atoms. The number of thiophene rings is 1. The molecule has 65 heavy (non-hydrogen) atoms. The van der Waals surface area contributed by atoms with Crippen molar-refractivity contribution in [3.8, 4) is 16.8 Å². The summed E-state index contributed by atoms with van der Waals surface area (Å²) >= 11 is 1.84. The average molecular weight is 850 g/mol. The molecule has 10 aromatic carbocycles. The highest BCUT2D eigenvalue weighted by molar-refractivity contribution is 7.25. The van der Waals surface area contributed by atoms with Crippen LogP contribution in [-0.2, 0) is 0 Å². The van der Waals surface area contributed by atoms with Crippen LogP contribution in [0.3, 0.4) is 0 Å². The number of nitrogens with zero attached hydrogens (tertiary/aromatic N) is 3. The van der Waals surface area contributed by atoms with Gasteiger partial charge in [0.05, 0.1) is 11.0 Å². The lowest BCUT2D eigenvalue weighted by Gasteiger charge is -2.30. The van der Waals surface area contributed by atoms with Crippen LogP contribution in [0.4, 0.5) is 34.1 Å². The molecule has 0 saturated heterocycles. The Morgan fingerprint density at radius 3 is 1.58 bits per heavy atom. The molecule has 4 nitrogen and oxygen atoms in total. The van der Waals surface area contributed by atoms with Crippen LogP contribution in [0.2, 0.25) is 0 Å². The summed E-state index contributed by atoms with van der Waals surface area (Å²) in [7, 11) is 0. The van der Waals surface area contributed by atoms with Gasteiger partial charge in [-0.05, 0) is 114 Å². The number of benzene rings is 10. The first-order valence-corrected chi connectivity index (χ1v) is 22.8. The molecule has 13 rings (SSSR count). The third-order valence-corrected chi connectivity index (χ3v) is 13.8. The Hall–Kier alpha value is -8.38. The Bertz CT molecular complexity index is 3730. The first-order valence-electron chi connectivity index (χ1n) is 22.0. The van der Waals surface area contributed by atoms with Gasteiger partial charge in [-0.15, -0.1) is 11.3 Å². The monoisotopic (exact) mass is 849 g/mol. The molecule has 0 aliphatic heterocycles. The number of fused-ring (bicyclic) bond motifs is 9. The maximum atomic E-state index is 6.52. The van der Waals surface area contributed by atoms with Crippen LogP contribution >= 0.6 is 11.3 Å². The minimum absolute atomic E-state index is 0.850. The van der Waals surface area contributed by atoms with Crippen molar-refractivity contribution in [1.29, 1.82) is 0 Å². The summed E-state index contributed by atoms with van der Waals surface area (Å²) in [5, 5.41) is 7.23. The molecule has 306 valence electrons. The molecule has 0 unspecified atom stereocenters. The van der Waals surface area contributed by atoms with Gasteiger partial charge in [0.2, 0.25) is 0 Å². The highest BCUT2D eigenvalue weighted by atomic mass is 32.1. The second-order valence-corrected chi connectivity index (χ2v) is 17.6. The third-order valence-electron chi connectivity index (χ3n) is 12.7. The van der Waals surface area contributed by atoms with E-state index in [4.69, 9.17) is 4.42 Å². The van der Waals surface area contributed by atoms with E-state index in [1.807, 2.05) is 23.5 Å². The largest absolute Gasteiger partial charge is 0.456 e. The zero-order valence-corrected chi connectivity index (χ0v) is 36.0. The molecule has 0 bridgehead atoms. The average Bonchev–Trinajstić information content (AvgIpc) is 4.04. The van der Waals surface area contributed by atoms with E-state index in [1.165, 1.54) is 36.5 Å². The van der Waals surface area contributed by atoms with Crippen LogP contribution in [0.1, 0.15) is 0 Å². The van der Waals surface area contributed by atoms with E-state index in [-0.39, 0.29) is 0 Å². The van der Waals surface area contributed by atoms with Gasteiger partial charge >= 0.3 is 0 Å². The molecule has 5 heteroatoms. The van der Waals surface area contributed by atoms with Crippen molar-refractivity contribution in [3.63, 3.8) is 0 Å². The summed E-state index contributed by atoms with van der Waals surface area (Å²) in [6, 6.07) is 85.3. The van der Waals surface area contributed by atoms with Crippen LogP contribution in [0, 0.1) is 0 Å². The van der Waals surface area contributed by atoms with Crippen molar-refractivity contribution in [3.05, 3.63) is 237 Å². The van der Waals surface area contributed by atoms with E-state index in [2.05, 4.69) is 239 Å². The van der Waals surface area contributed by atoms with Crippen molar-refractivity contribution in [2.45, 2.75) is 0 Å². The molecule has 0 fully saturated rings. The Kier molecular flexibility index (Phi) is 8.68. The van der Waals surface area contributed by atoms with Crippen LogP contribution in [-0.4, -0.2) is 4.57 Å². The summed E-state index contributed by atoms with van der Waals surface area (Å²) in [6.45, 7) is 0. The molecule has 0 N–H and O–H groups in total. The topological polar surface area (TPSA) is 24.6 Å². The standard InChI is InChI=1S/C60H39N3OS/c1-4-16-42(17-5-1)61(45-29-32-52-51-23-11-14-26-57(51)64-58(52)38-45)47-34-41(40-28-31-50-49-22-10-13-25-55(49)63(56(50)36-40)44-20-8-3-9-21-44)35-48(37-47)62(43-18-6-2-7-19-43)46-30-33-54-53-24-12-15-27-59(53)65-60(54)39-46/h1-39H. The normalized spacial score (nSPS) is 11.7. The number of hydrogen-bond acceptors (Lipinski definition) is 4. The van der Waals surface area contributed by atoms with Crippen molar-refractivity contribution in [2.24, 2.45) is 0 Å². The van der Waals surface area contributed by atoms with Crippen molar-refractivity contribution >= 4 is 109 Å². The molecule has 0 aliphatic carbocycles. The lowest BCUT2D eigenvalue weighted by molar-refractivity contribution is 0.669. The number of rotatable bonds is 8. The predicted molar refractivity (Wildman–Crippen MR) is 276 cm³/mol. The van der Waals surface area contributed by atoms with Gasteiger partial charge in [0.1, 0.15) is 11.2 Å². The van der Waals surface area contributed by atoms with Gasteiger partial charge < -0.3 is 18.8 Å². The second-order valence-electron chi connectivity index (χ2n) is 16.6. The molecule has 0 atom stereocenters. The van der Waals surface area contributed by atoms with Crippen molar-refractivity contribution in [1.82, 2.24) is 4.57 Å². The quantitative estimate of drug-likeness (QED) is 0.152. The van der Waals surface area contributed by atoms with Gasteiger partial charge in [-0.1, -0.05) is 127 Å². The van der Waals surface area contributed by atoms with Crippen LogP contribution in [0.25, 0.3) is 80.7 Å². The highest BCUT2D eigenvalue weighted by Crippen LogP contribution is 2.46. The van der Waals surface area contributed by atoms with Gasteiger partial charge in [0, 0.05) is 87.6 Å². The molecule has 3 aromatic heterocycles. The fourth-order valence-corrected chi connectivity index (χ4v) is 10.9. The van der Waals surface area contributed by atoms with Gasteiger partial charge in [0.25, 0.3) is 0 Å². The Labute approximate surface area is 379 Å². The molecule has 13 aromatic rings. The van der Waals surface area contributed by atoms with Crippen LogP contribution < -0.4 is 9.80 Å². The van der Waals surface area contributed by atoms with Gasteiger partial charge in [-0.25, -0.2) is 0 Å². The zero-order chi connectivity index (χ0) is 42.8. The minimum atomic E-state index is 0.850. The van der Waals surface area contributed by atoms with E-state index in [1.54, 1.807) is 0 Å². The summed E-state index contributed by atoms with van der Waals surface area (Å²) < 4.78 is 11.5. The number of anilines is 6. The molecular weight excluding hydrogens is 811 g/mol. The Morgan fingerprint density at radius 2 is 0.846 bits per heavy atom. The smallest absolute Gasteiger partial charge is 0.137 e. The first kappa shape index (κ1) is 37.2. The van der Waals surface area contributed by atoms with Gasteiger partial charge in [-0.3, -0.25) is 0 Å². The second kappa shape index (κ2) is 15.2. The molecule has 0 aliphatic rings. The maximum absolute atomic E-state index is 6.52. The van der Waals surface area contributed by atoms with Gasteiger partial charge in [-0.2, -0.15) is 0 Å². The lowest BCUT2D eigenvalue weighted by Crippen LogP contribution is -2.13. The maximum Gasteiger partial charge on any atom is 0.137 e. The van der Waals surface area contributed by atoms with E-state index < -0.39 is 0 Å². The first-order chi connectivity index (χ1) is 32.2. The number of hydrogen-bond donors (Lipinski definition) is 0. The zero-order valence-electron chi connectivity index (χ0n) is 35.2. The third kappa shape index (κ3) is 6.28. The van der Waals surface area contributed by atoms with Crippen molar-refractivity contribution < 1.29 is 4.42 Å². The van der Waals surface area contributed by atoms with Gasteiger partial charge in [0.15, 0.2) is 0 Å². The summed E-state index contributed by atoms with van der Waals surface area (Å²) in [5.74, 6) is 0.